The number of benzene rings is 1. The first-order valence-electron chi connectivity index (χ1n) is 10.9. The second-order valence-corrected chi connectivity index (χ2v) is 8.37. The van der Waals surface area contributed by atoms with E-state index in [1.54, 1.807) is 0 Å². The largest absolute Gasteiger partial charge is 0.343 e. The Morgan fingerprint density at radius 2 is 1.90 bits per heavy atom. The van der Waals surface area contributed by atoms with E-state index in [1.807, 2.05) is 41.0 Å². The van der Waals surface area contributed by atoms with Gasteiger partial charge in [-0.1, -0.05) is 12.1 Å². The molecule has 0 unspecified atom stereocenters. The Labute approximate surface area is 173 Å². The molecule has 2 aliphatic heterocycles. The molecule has 1 aromatic carbocycles. The highest BCUT2D eigenvalue weighted by Gasteiger charge is 2.24. The van der Waals surface area contributed by atoms with Crippen molar-refractivity contribution >= 4 is 23.4 Å². The molecule has 0 radical (unpaired) electrons. The molecule has 6 heteroatoms. The maximum absolute atomic E-state index is 12.5. The van der Waals surface area contributed by atoms with E-state index in [9.17, 15) is 14.4 Å². The molecule has 0 bridgehead atoms. The monoisotopic (exact) mass is 399 g/mol. The summed E-state index contributed by atoms with van der Waals surface area (Å²) in [6, 6.07) is 7.83. The maximum atomic E-state index is 12.5. The minimum atomic E-state index is 0.0558. The predicted octanol–water partition coefficient (Wildman–Crippen LogP) is 3.35. The smallest absolute Gasteiger partial charge is 0.224 e. The Balaban J connectivity index is 1.33. The third-order valence-corrected chi connectivity index (χ3v) is 6.07. The maximum Gasteiger partial charge on any atom is 0.224 e. The number of piperidine rings is 2. The third kappa shape index (κ3) is 6.58. The Morgan fingerprint density at radius 1 is 1.10 bits per heavy atom. The fourth-order valence-electron chi connectivity index (χ4n) is 4.24. The van der Waals surface area contributed by atoms with Gasteiger partial charge < -0.3 is 15.1 Å². The van der Waals surface area contributed by atoms with Gasteiger partial charge in [0, 0.05) is 51.1 Å². The lowest BCUT2D eigenvalue weighted by Crippen LogP contribution is -2.42. The van der Waals surface area contributed by atoms with Crippen LogP contribution in [0, 0.1) is 12.8 Å². The van der Waals surface area contributed by atoms with Crippen LogP contribution in [0.4, 0.5) is 5.69 Å². The van der Waals surface area contributed by atoms with Crippen LogP contribution in [0.5, 0.6) is 0 Å². The molecule has 2 fully saturated rings. The van der Waals surface area contributed by atoms with Gasteiger partial charge in [-0.2, -0.15) is 0 Å². The van der Waals surface area contributed by atoms with Gasteiger partial charge in [0.05, 0.1) is 0 Å². The van der Waals surface area contributed by atoms with Gasteiger partial charge in [0.25, 0.3) is 0 Å². The number of aryl methyl sites for hydroxylation is 1. The molecule has 0 aromatic heterocycles. The van der Waals surface area contributed by atoms with Crippen molar-refractivity contribution in [2.45, 2.75) is 58.3 Å². The van der Waals surface area contributed by atoms with Crippen LogP contribution in [0.25, 0.3) is 0 Å². The number of nitrogens with one attached hydrogen (secondary N) is 1. The summed E-state index contributed by atoms with van der Waals surface area (Å²) < 4.78 is 0. The molecule has 29 heavy (non-hydrogen) atoms. The first-order chi connectivity index (χ1) is 14.0. The van der Waals surface area contributed by atoms with E-state index in [2.05, 4.69) is 5.32 Å². The fraction of sp³-hybridized carbons (Fsp3) is 0.609. The van der Waals surface area contributed by atoms with Gasteiger partial charge >= 0.3 is 0 Å². The van der Waals surface area contributed by atoms with E-state index in [1.165, 1.54) is 0 Å². The fourth-order valence-corrected chi connectivity index (χ4v) is 4.24. The topological polar surface area (TPSA) is 69.7 Å². The van der Waals surface area contributed by atoms with Gasteiger partial charge in [-0.15, -0.1) is 0 Å². The quantitative estimate of drug-likeness (QED) is 0.764. The number of nitrogens with zero attached hydrogens (tertiary/aromatic N) is 2. The summed E-state index contributed by atoms with van der Waals surface area (Å²) in [5, 5.41) is 2.97. The number of likely N-dealkylation sites (tertiary alicyclic amines) is 2. The van der Waals surface area contributed by atoms with Crippen LogP contribution in [0.1, 0.15) is 56.9 Å². The van der Waals surface area contributed by atoms with E-state index >= 15 is 0 Å². The van der Waals surface area contributed by atoms with Crippen molar-refractivity contribution in [3.05, 3.63) is 29.8 Å². The minimum absolute atomic E-state index is 0.0558. The lowest BCUT2D eigenvalue weighted by Gasteiger charge is -2.33. The molecule has 0 atom stereocenters. The first kappa shape index (κ1) is 21.3. The van der Waals surface area contributed by atoms with Crippen LogP contribution in [0.15, 0.2) is 24.3 Å². The van der Waals surface area contributed by atoms with Crippen molar-refractivity contribution < 1.29 is 14.4 Å². The van der Waals surface area contributed by atoms with Crippen LogP contribution >= 0.6 is 0 Å². The molecule has 158 valence electrons. The van der Waals surface area contributed by atoms with E-state index in [0.717, 1.165) is 63.0 Å². The van der Waals surface area contributed by atoms with Crippen molar-refractivity contribution in [1.29, 1.82) is 0 Å². The normalized spacial score (nSPS) is 18.0. The third-order valence-electron chi connectivity index (χ3n) is 6.07. The average Bonchev–Trinajstić information content (AvgIpc) is 2.72. The highest BCUT2D eigenvalue weighted by Crippen LogP contribution is 2.23. The summed E-state index contributed by atoms with van der Waals surface area (Å²) in [6.07, 6.45) is 6.35. The molecular weight excluding hydrogens is 366 g/mol. The predicted molar refractivity (Wildman–Crippen MR) is 113 cm³/mol. The summed E-state index contributed by atoms with van der Waals surface area (Å²) in [5.41, 5.74) is 1.98. The molecule has 2 heterocycles. The Hall–Kier alpha value is -2.37. The summed E-state index contributed by atoms with van der Waals surface area (Å²) >= 11 is 0. The summed E-state index contributed by atoms with van der Waals surface area (Å²) in [4.78, 5) is 40.3. The molecule has 1 aromatic rings. The standard InChI is InChI=1S/C23H33N3O3/c1-18-5-4-6-20(17-18)24-21(27)9-8-19-10-14-26(15-11-19)23(29)12-16-25-13-3-2-7-22(25)28/h4-6,17,19H,2-3,7-16H2,1H3,(H,24,27). The highest BCUT2D eigenvalue weighted by atomic mass is 16.2. The Morgan fingerprint density at radius 3 is 2.62 bits per heavy atom. The zero-order valence-corrected chi connectivity index (χ0v) is 17.5. The number of carbonyl (C=O) groups is 3. The second-order valence-electron chi connectivity index (χ2n) is 8.37. The van der Waals surface area contributed by atoms with E-state index in [0.29, 0.717) is 31.7 Å². The van der Waals surface area contributed by atoms with Crippen LogP contribution in [-0.2, 0) is 14.4 Å². The molecule has 3 rings (SSSR count). The SMILES string of the molecule is Cc1cccc(NC(=O)CCC2CCN(C(=O)CCN3CCCCC3=O)CC2)c1. The van der Waals surface area contributed by atoms with Gasteiger partial charge in [0.1, 0.15) is 0 Å². The highest BCUT2D eigenvalue weighted by molar-refractivity contribution is 5.90. The lowest BCUT2D eigenvalue weighted by molar-refractivity contribution is -0.136. The average molecular weight is 400 g/mol. The second kappa shape index (κ2) is 10.4. The van der Waals surface area contributed by atoms with Gasteiger partial charge in [-0.05, 0) is 62.6 Å². The van der Waals surface area contributed by atoms with Gasteiger partial charge in [-0.25, -0.2) is 0 Å². The molecule has 0 spiro atoms. The van der Waals surface area contributed by atoms with Gasteiger partial charge in [0.15, 0.2) is 0 Å². The number of amides is 3. The van der Waals surface area contributed by atoms with Crippen LogP contribution in [0.3, 0.4) is 0 Å². The molecule has 2 saturated heterocycles. The van der Waals surface area contributed by atoms with Crippen molar-refractivity contribution in [2.24, 2.45) is 5.92 Å². The number of carbonyl (C=O) groups excluding carboxylic acids is 3. The Kier molecular flexibility index (Phi) is 7.67. The Bertz CT molecular complexity index is 726. The van der Waals surface area contributed by atoms with Crippen molar-refractivity contribution in [2.75, 3.05) is 31.5 Å². The lowest BCUT2D eigenvalue weighted by atomic mass is 9.92. The van der Waals surface area contributed by atoms with Crippen LogP contribution in [-0.4, -0.2) is 53.7 Å². The van der Waals surface area contributed by atoms with Gasteiger partial charge in [0.2, 0.25) is 17.7 Å². The number of hydrogen-bond acceptors (Lipinski definition) is 3. The first-order valence-corrected chi connectivity index (χ1v) is 10.9. The van der Waals surface area contributed by atoms with Gasteiger partial charge in [-0.3, -0.25) is 14.4 Å². The number of anilines is 1. The zero-order chi connectivity index (χ0) is 20.6. The molecule has 0 saturated carbocycles. The van der Waals surface area contributed by atoms with Crippen molar-refractivity contribution in [1.82, 2.24) is 9.80 Å². The summed E-state index contributed by atoms with van der Waals surface area (Å²) in [5.74, 6) is 0.886. The summed E-state index contributed by atoms with van der Waals surface area (Å²) in [6.45, 7) is 4.87. The minimum Gasteiger partial charge on any atom is -0.343 e. The number of hydrogen-bond donors (Lipinski definition) is 1. The molecule has 6 nitrogen and oxygen atoms in total. The molecular formula is C23H33N3O3. The molecule has 0 aliphatic carbocycles. The molecule has 1 N–H and O–H groups in total. The van der Waals surface area contributed by atoms with E-state index < -0.39 is 0 Å². The number of rotatable bonds is 7. The zero-order valence-electron chi connectivity index (χ0n) is 17.5. The van der Waals surface area contributed by atoms with E-state index in [4.69, 9.17) is 0 Å². The molecule has 2 aliphatic rings. The van der Waals surface area contributed by atoms with Crippen LogP contribution in [0.2, 0.25) is 0 Å². The van der Waals surface area contributed by atoms with Crippen molar-refractivity contribution in [3.63, 3.8) is 0 Å². The molecule has 3 amide bonds. The summed E-state index contributed by atoms with van der Waals surface area (Å²) in [7, 11) is 0. The van der Waals surface area contributed by atoms with E-state index in [-0.39, 0.29) is 17.7 Å². The van der Waals surface area contributed by atoms with Crippen LogP contribution < -0.4 is 5.32 Å². The van der Waals surface area contributed by atoms with Crippen molar-refractivity contribution in [3.8, 4) is 0 Å².